The van der Waals surface area contributed by atoms with Crippen molar-refractivity contribution < 1.29 is 4.39 Å². The van der Waals surface area contributed by atoms with Crippen molar-refractivity contribution in [2.75, 3.05) is 6.54 Å². The van der Waals surface area contributed by atoms with Crippen LogP contribution >= 0.6 is 15.9 Å². The molecule has 1 heterocycles. The van der Waals surface area contributed by atoms with Crippen LogP contribution in [0.1, 0.15) is 31.0 Å². The van der Waals surface area contributed by atoms with Gasteiger partial charge in [0.1, 0.15) is 5.82 Å². The van der Waals surface area contributed by atoms with E-state index < -0.39 is 0 Å². The van der Waals surface area contributed by atoms with E-state index >= 15 is 0 Å². The van der Waals surface area contributed by atoms with Crippen LogP contribution < -0.4 is 5.32 Å². The molecule has 0 radical (unpaired) electrons. The first kappa shape index (κ1) is 15.2. The maximum absolute atomic E-state index is 14.1. The van der Waals surface area contributed by atoms with Gasteiger partial charge in [-0.1, -0.05) is 28.9 Å². The van der Waals surface area contributed by atoms with Gasteiger partial charge >= 0.3 is 0 Å². The fourth-order valence-corrected chi connectivity index (χ4v) is 2.91. The van der Waals surface area contributed by atoms with Crippen LogP contribution in [0.4, 0.5) is 4.39 Å². The van der Waals surface area contributed by atoms with E-state index in [0.717, 1.165) is 23.1 Å². The van der Waals surface area contributed by atoms with E-state index in [4.69, 9.17) is 0 Å². The summed E-state index contributed by atoms with van der Waals surface area (Å²) in [5, 5.41) is 7.62. The van der Waals surface area contributed by atoms with Gasteiger partial charge in [0, 0.05) is 28.8 Å². The summed E-state index contributed by atoms with van der Waals surface area (Å²) in [7, 11) is 0. The molecule has 1 aromatic heterocycles. The summed E-state index contributed by atoms with van der Waals surface area (Å²) >= 11 is 3.45. The van der Waals surface area contributed by atoms with Gasteiger partial charge in [-0.05, 0) is 37.6 Å². The highest BCUT2D eigenvalue weighted by Crippen LogP contribution is 2.28. The molecule has 0 aliphatic rings. The van der Waals surface area contributed by atoms with E-state index in [1.165, 1.54) is 6.07 Å². The lowest BCUT2D eigenvalue weighted by Crippen LogP contribution is -2.24. The zero-order chi connectivity index (χ0) is 14.5. The summed E-state index contributed by atoms with van der Waals surface area (Å²) in [4.78, 5) is 0. The molecule has 108 valence electrons. The van der Waals surface area contributed by atoms with Crippen molar-refractivity contribution in [3.05, 3.63) is 52.0 Å². The minimum absolute atomic E-state index is 0.0647. The number of nitrogens with one attached hydrogen (secondary N) is 1. The molecule has 1 N–H and O–H groups in total. The van der Waals surface area contributed by atoms with Crippen molar-refractivity contribution in [2.24, 2.45) is 0 Å². The number of hydrogen-bond acceptors (Lipinski definition) is 2. The minimum Gasteiger partial charge on any atom is -0.310 e. The van der Waals surface area contributed by atoms with Crippen molar-refractivity contribution in [3.63, 3.8) is 0 Å². The molecule has 0 saturated heterocycles. The van der Waals surface area contributed by atoms with Gasteiger partial charge in [0.05, 0.1) is 6.20 Å². The molecular formula is C15H19BrFN3. The van der Waals surface area contributed by atoms with Crippen molar-refractivity contribution in [3.8, 4) is 0 Å². The Morgan fingerprint density at radius 3 is 2.80 bits per heavy atom. The predicted molar refractivity (Wildman–Crippen MR) is 82.1 cm³/mol. The third-order valence-corrected chi connectivity index (χ3v) is 3.94. The summed E-state index contributed by atoms with van der Waals surface area (Å²) in [5.41, 5.74) is 1.78. The molecule has 0 aliphatic carbocycles. The molecule has 0 fully saturated rings. The predicted octanol–water partition coefficient (Wildman–Crippen LogP) is 3.70. The van der Waals surface area contributed by atoms with Gasteiger partial charge in [-0.2, -0.15) is 5.10 Å². The third kappa shape index (κ3) is 3.46. The highest BCUT2D eigenvalue weighted by molar-refractivity contribution is 9.10. The van der Waals surface area contributed by atoms with Crippen LogP contribution in [0, 0.1) is 5.82 Å². The first-order valence-electron chi connectivity index (χ1n) is 6.84. The van der Waals surface area contributed by atoms with Crippen LogP contribution in [0.5, 0.6) is 0 Å². The SMILES string of the molecule is CCNC(Cc1cnn(CC)c1)c1c(F)cccc1Br. The Hall–Kier alpha value is -1.20. The maximum atomic E-state index is 14.1. The minimum atomic E-state index is -0.187. The highest BCUT2D eigenvalue weighted by Gasteiger charge is 2.19. The first-order valence-corrected chi connectivity index (χ1v) is 7.63. The van der Waals surface area contributed by atoms with E-state index in [2.05, 4.69) is 26.3 Å². The topological polar surface area (TPSA) is 29.9 Å². The van der Waals surface area contributed by atoms with Crippen molar-refractivity contribution in [2.45, 2.75) is 32.9 Å². The molecule has 2 aromatic rings. The highest BCUT2D eigenvalue weighted by atomic mass is 79.9. The summed E-state index contributed by atoms with van der Waals surface area (Å²) in [6, 6.07) is 5.02. The molecule has 3 nitrogen and oxygen atoms in total. The Kier molecular flexibility index (Phi) is 5.31. The number of benzene rings is 1. The molecular weight excluding hydrogens is 321 g/mol. The summed E-state index contributed by atoms with van der Waals surface area (Å²) in [6.07, 6.45) is 4.58. The lowest BCUT2D eigenvalue weighted by Gasteiger charge is -2.19. The van der Waals surface area contributed by atoms with Gasteiger partial charge < -0.3 is 5.32 Å². The van der Waals surface area contributed by atoms with Gasteiger partial charge in [-0.3, -0.25) is 4.68 Å². The number of halogens is 2. The lowest BCUT2D eigenvalue weighted by atomic mass is 10.00. The Bertz CT molecular complexity index is 548. The molecule has 0 bridgehead atoms. The lowest BCUT2D eigenvalue weighted by molar-refractivity contribution is 0.507. The number of nitrogens with zero attached hydrogens (tertiary/aromatic N) is 2. The Morgan fingerprint density at radius 2 is 2.20 bits per heavy atom. The number of aryl methyl sites for hydroxylation is 1. The summed E-state index contributed by atoms with van der Waals surface area (Å²) in [6.45, 7) is 5.70. The van der Waals surface area contributed by atoms with Crippen LogP contribution in [0.25, 0.3) is 0 Å². The summed E-state index contributed by atoms with van der Waals surface area (Å²) in [5.74, 6) is -0.187. The van der Waals surface area contributed by atoms with Gasteiger partial charge in [-0.25, -0.2) is 4.39 Å². The fourth-order valence-electron chi connectivity index (χ4n) is 2.29. The Labute approximate surface area is 127 Å². The molecule has 2 rings (SSSR count). The molecule has 0 aliphatic heterocycles. The maximum Gasteiger partial charge on any atom is 0.129 e. The second-order valence-corrected chi connectivity index (χ2v) is 5.51. The van der Waals surface area contributed by atoms with Crippen LogP contribution in [0.3, 0.4) is 0 Å². The number of aromatic nitrogens is 2. The van der Waals surface area contributed by atoms with Crippen molar-refractivity contribution >= 4 is 15.9 Å². The van der Waals surface area contributed by atoms with E-state index in [1.54, 1.807) is 6.07 Å². The smallest absolute Gasteiger partial charge is 0.129 e. The average Bonchev–Trinajstić information content (AvgIpc) is 2.86. The molecule has 20 heavy (non-hydrogen) atoms. The van der Waals surface area contributed by atoms with Crippen molar-refractivity contribution in [1.82, 2.24) is 15.1 Å². The normalized spacial score (nSPS) is 12.6. The molecule has 0 saturated carbocycles. The zero-order valence-electron chi connectivity index (χ0n) is 11.7. The average molecular weight is 340 g/mol. The largest absolute Gasteiger partial charge is 0.310 e. The monoisotopic (exact) mass is 339 g/mol. The van der Waals surface area contributed by atoms with Crippen LogP contribution in [0.2, 0.25) is 0 Å². The van der Waals surface area contributed by atoms with Gasteiger partial charge in [0.2, 0.25) is 0 Å². The Balaban J connectivity index is 2.26. The molecule has 1 aromatic carbocycles. The molecule has 1 unspecified atom stereocenters. The van der Waals surface area contributed by atoms with Crippen molar-refractivity contribution in [1.29, 1.82) is 0 Å². The summed E-state index contributed by atoms with van der Waals surface area (Å²) < 4.78 is 16.8. The first-order chi connectivity index (χ1) is 9.65. The van der Waals surface area contributed by atoms with Crippen LogP contribution in [-0.4, -0.2) is 16.3 Å². The molecule has 0 amide bonds. The van der Waals surface area contributed by atoms with Gasteiger partial charge in [-0.15, -0.1) is 0 Å². The Morgan fingerprint density at radius 1 is 1.40 bits per heavy atom. The molecule has 1 atom stereocenters. The standard InChI is InChI=1S/C15H19BrFN3/c1-3-18-14(8-11-9-19-20(4-2)10-11)15-12(16)6-5-7-13(15)17/h5-7,9-10,14,18H,3-4,8H2,1-2H3. The second-order valence-electron chi connectivity index (χ2n) is 4.65. The number of likely N-dealkylation sites (N-methyl/N-ethyl adjacent to an activating group) is 1. The number of rotatable bonds is 6. The van der Waals surface area contributed by atoms with Crippen LogP contribution in [-0.2, 0) is 13.0 Å². The third-order valence-electron chi connectivity index (χ3n) is 3.25. The van der Waals surface area contributed by atoms with E-state index in [0.29, 0.717) is 12.0 Å². The fraction of sp³-hybridized carbons (Fsp3) is 0.400. The van der Waals surface area contributed by atoms with Gasteiger partial charge in [0.15, 0.2) is 0 Å². The molecule has 5 heteroatoms. The molecule has 0 spiro atoms. The van der Waals surface area contributed by atoms with E-state index in [-0.39, 0.29) is 11.9 Å². The van der Waals surface area contributed by atoms with Gasteiger partial charge in [0.25, 0.3) is 0 Å². The number of hydrogen-bond donors (Lipinski definition) is 1. The van der Waals surface area contributed by atoms with Crippen LogP contribution in [0.15, 0.2) is 35.1 Å². The second kappa shape index (κ2) is 6.99. The quantitative estimate of drug-likeness (QED) is 0.869. The zero-order valence-corrected chi connectivity index (χ0v) is 13.3. The van der Waals surface area contributed by atoms with E-state index in [9.17, 15) is 4.39 Å². The van der Waals surface area contributed by atoms with E-state index in [1.807, 2.05) is 37.0 Å².